The number of ether oxygens (including phenoxy) is 1. The normalized spacial score (nSPS) is 13.2. The zero-order valence-corrected chi connectivity index (χ0v) is 20.9. The Morgan fingerprint density at radius 2 is 1.77 bits per heavy atom. The highest BCUT2D eigenvalue weighted by molar-refractivity contribution is 6.36. The van der Waals surface area contributed by atoms with Crippen LogP contribution in [0.1, 0.15) is 22.4 Å². The molecule has 0 bridgehead atoms. The molecular formula is C26H22Cl2F2N4O. The van der Waals surface area contributed by atoms with Gasteiger partial charge in [-0.25, -0.2) is 18.4 Å². The average molecular weight is 515 g/mol. The van der Waals surface area contributed by atoms with Crippen molar-refractivity contribution in [1.29, 1.82) is 0 Å². The van der Waals surface area contributed by atoms with Gasteiger partial charge in [0.15, 0.2) is 11.6 Å². The van der Waals surface area contributed by atoms with Crippen molar-refractivity contribution >= 4 is 29.0 Å². The summed E-state index contributed by atoms with van der Waals surface area (Å²) in [4.78, 5) is 6.41. The van der Waals surface area contributed by atoms with Gasteiger partial charge in [-0.2, -0.15) is 5.10 Å². The molecule has 5 rings (SSSR count). The van der Waals surface area contributed by atoms with E-state index >= 15 is 4.39 Å². The van der Waals surface area contributed by atoms with E-state index < -0.39 is 11.6 Å². The zero-order valence-electron chi connectivity index (χ0n) is 19.4. The number of methoxy groups -OCH3 is 1. The molecule has 3 heterocycles. The Hall–Kier alpha value is -3.16. The molecule has 2 aromatic carbocycles. The van der Waals surface area contributed by atoms with Gasteiger partial charge in [-0.05, 0) is 37.1 Å². The topological polar surface area (TPSA) is 43.2 Å². The number of anilines is 1. The molecule has 0 radical (unpaired) electrons. The molecule has 2 aromatic heterocycles. The summed E-state index contributed by atoms with van der Waals surface area (Å²) in [5.41, 5.74) is 4.99. The molecule has 1 aliphatic heterocycles. The Kier molecular flexibility index (Phi) is 6.15. The largest absolute Gasteiger partial charge is 0.494 e. The summed E-state index contributed by atoms with van der Waals surface area (Å²) in [6, 6.07) is 9.78. The van der Waals surface area contributed by atoms with Crippen LogP contribution >= 0.6 is 23.2 Å². The van der Waals surface area contributed by atoms with Crippen molar-refractivity contribution in [2.45, 2.75) is 26.8 Å². The van der Waals surface area contributed by atoms with Gasteiger partial charge >= 0.3 is 0 Å². The number of hydrogen-bond donors (Lipinski definition) is 0. The number of aryl methyl sites for hydroxylation is 2. The molecule has 0 aliphatic carbocycles. The Morgan fingerprint density at radius 3 is 2.46 bits per heavy atom. The maximum absolute atomic E-state index is 15.4. The van der Waals surface area contributed by atoms with Gasteiger partial charge in [-0.1, -0.05) is 41.4 Å². The Bertz CT molecular complexity index is 1430. The van der Waals surface area contributed by atoms with Gasteiger partial charge in [0.25, 0.3) is 0 Å². The number of rotatable bonds is 4. The van der Waals surface area contributed by atoms with Gasteiger partial charge in [0.2, 0.25) is 0 Å². The third kappa shape index (κ3) is 4.13. The van der Waals surface area contributed by atoms with E-state index in [9.17, 15) is 4.39 Å². The van der Waals surface area contributed by atoms with Gasteiger partial charge in [0.1, 0.15) is 11.6 Å². The number of halogens is 4. The van der Waals surface area contributed by atoms with E-state index in [4.69, 9.17) is 33.0 Å². The number of fused-ring (bicyclic) bond motifs is 1. The van der Waals surface area contributed by atoms with Gasteiger partial charge in [-0.3, -0.25) is 0 Å². The second-order valence-electron chi connectivity index (χ2n) is 8.52. The van der Waals surface area contributed by atoms with Crippen LogP contribution in [-0.2, 0) is 13.0 Å². The van der Waals surface area contributed by atoms with E-state index in [-0.39, 0.29) is 11.3 Å². The molecule has 9 heteroatoms. The fourth-order valence-corrected chi connectivity index (χ4v) is 5.14. The number of para-hydroxylation sites is 1. The fourth-order valence-electron chi connectivity index (χ4n) is 4.64. The Balaban J connectivity index is 1.74. The van der Waals surface area contributed by atoms with Crippen LogP contribution in [0.3, 0.4) is 0 Å². The highest BCUT2D eigenvalue weighted by Gasteiger charge is 2.30. The predicted octanol–water partition coefficient (Wildman–Crippen LogP) is 6.71. The Labute approximate surface area is 211 Å². The number of nitrogens with zero attached hydrogens (tertiary/aromatic N) is 4. The highest BCUT2D eigenvalue weighted by Crippen LogP contribution is 2.39. The number of hydrogen-bond acceptors (Lipinski definition) is 4. The smallest absolute Gasteiger partial charge is 0.165 e. The summed E-state index contributed by atoms with van der Waals surface area (Å²) in [5, 5.41) is 5.76. The maximum atomic E-state index is 15.4. The lowest BCUT2D eigenvalue weighted by Gasteiger charge is -2.28. The van der Waals surface area contributed by atoms with Crippen LogP contribution in [-0.4, -0.2) is 28.4 Å². The first-order chi connectivity index (χ1) is 16.8. The second kappa shape index (κ2) is 9.13. The fraction of sp³-hybridized carbons (Fsp3) is 0.231. The van der Waals surface area contributed by atoms with Gasteiger partial charge in [-0.15, -0.1) is 0 Å². The molecule has 35 heavy (non-hydrogen) atoms. The minimum Gasteiger partial charge on any atom is -0.494 e. The zero-order chi connectivity index (χ0) is 24.9. The van der Waals surface area contributed by atoms with Crippen molar-refractivity contribution in [1.82, 2.24) is 14.8 Å². The van der Waals surface area contributed by atoms with Crippen LogP contribution in [0.25, 0.3) is 16.9 Å². The number of pyridine rings is 1. The molecule has 0 spiro atoms. The lowest BCUT2D eigenvalue weighted by Crippen LogP contribution is -2.31. The molecule has 5 nitrogen and oxygen atoms in total. The van der Waals surface area contributed by atoms with Crippen molar-refractivity contribution in [2.24, 2.45) is 0 Å². The molecule has 0 unspecified atom stereocenters. The monoisotopic (exact) mass is 514 g/mol. The Morgan fingerprint density at radius 1 is 1.03 bits per heavy atom. The molecular weight excluding hydrogens is 493 g/mol. The summed E-state index contributed by atoms with van der Waals surface area (Å²) in [6.07, 6.45) is 2.12. The summed E-state index contributed by atoms with van der Waals surface area (Å²) in [7, 11) is 1.31. The van der Waals surface area contributed by atoms with Crippen molar-refractivity contribution < 1.29 is 13.5 Å². The number of aromatic nitrogens is 3. The third-order valence-electron chi connectivity index (χ3n) is 6.27. The quantitative estimate of drug-likeness (QED) is 0.303. The van der Waals surface area contributed by atoms with Gasteiger partial charge in [0, 0.05) is 42.9 Å². The van der Waals surface area contributed by atoms with Gasteiger partial charge in [0.05, 0.1) is 34.2 Å². The van der Waals surface area contributed by atoms with Crippen LogP contribution in [0.4, 0.5) is 14.6 Å². The summed E-state index contributed by atoms with van der Waals surface area (Å²) in [6.45, 7) is 4.93. The van der Waals surface area contributed by atoms with Crippen molar-refractivity contribution in [3.05, 3.63) is 86.7 Å². The summed E-state index contributed by atoms with van der Waals surface area (Å²) >= 11 is 12.5. The van der Waals surface area contributed by atoms with E-state index in [1.807, 2.05) is 36.9 Å². The lowest BCUT2D eigenvalue weighted by molar-refractivity contribution is 0.383. The maximum Gasteiger partial charge on any atom is 0.165 e. The van der Waals surface area contributed by atoms with Crippen molar-refractivity contribution in [2.75, 3.05) is 18.6 Å². The van der Waals surface area contributed by atoms with Crippen molar-refractivity contribution in [3.63, 3.8) is 0 Å². The first-order valence-electron chi connectivity index (χ1n) is 11.0. The lowest BCUT2D eigenvalue weighted by atomic mass is 9.99. The molecule has 0 amide bonds. The van der Waals surface area contributed by atoms with E-state index in [1.54, 1.807) is 10.7 Å². The second-order valence-corrected chi connectivity index (χ2v) is 9.37. The van der Waals surface area contributed by atoms with E-state index in [0.717, 1.165) is 34.1 Å². The van der Waals surface area contributed by atoms with E-state index in [1.165, 1.54) is 19.4 Å². The van der Waals surface area contributed by atoms with Crippen LogP contribution < -0.4 is 9.64 Å². The molecule has 180 valence electrons. The molecule has 4 aromatic rings. The number of benzene rings is 2. The minimum absolute atomic E-state index is 0.108. The minimum atomic E-state index is -0.651. The molecule has 0 N–H and O–H groups in total. The first-order valence-corrected chi connectivity index (χ1v) is 11.8. The summed E-state index contributed by atoms with van der Waals surface area (Å²) in [5.74, 6) is -0.828. The van der Waals surface area contributed by atoms with Crippen LogP contribution in [0.15, 0.2) is 42.6 Å². The summed E-state index contributed by atoms with van der Waals surface area (Å²) < 4.78 is 37.0. The standard InChI is InChI=1S/C26H22Cl2F2N4O/c1-14-5-4-6-15(2)24(14)34-25(17-10-21(30)23(35-3)11-20(17)29)18-13-33(8-7-22(18)32-34)26-19(28)9-16(27)12-31-26/h4-6,9-12H,7-8,13H2,1-3H3. The molecule has 0 saturated heterocycles. The SMILES string of the molecule is COc1cc(F)c(-c2c3c(nn2-c2c(C)cccc2C)CCN(c2ncc(Cl)cc2Cl)C3)cc1F. The van der Waals surface area contributed by atoms with Crippen molar-refractivity contribution in [3.8, 4) is 22.7 Å². The molecule has 1 aliphatic rings. The van der Waals surface area contributed by atoms with Gasteiger partial charge < -0.3 is 9.64 Å². The van der Waals surface area contributed by atoms with Crippen LogP contribution in [0.5, 0.6) is 5.75 Å². The first kappa shape index (κ1) is 23.6. The highest BCUT2D eigenvalue weighted by atomic mass is 35.5. The molecule has 0 saturated carbocycles. The third-order valence-corrected chi connectivity index (χ3v) is 6.75. The van der Waals surface area contributed by atoms with Crippen LogP contribution in [0, 0.1) is 25.5 Å². The molecule has 0 atom stereocenters. The van der Waals surface area contributed by atoms with E-state index in [0.29, 0.717) is 41.1 Å². The average Bonchev–Trinajstić information content (AvgIpc) is 3.18. The van der Waals surface area contributed by atoms with Crippen LogP contribution in [0.2, 0.25) is 10.0 Å². The predicted molar refractivity (Wildman–Crippen MR) is 134 cm³/mol. The van der Waals surface area contributed by atoms with E-state index in [2.05, 4.69) is 4.98 Å². The molecule has 0 fully saturated rings.